The van der Waals surface area contributed by atoms with Crippen LogP contribution in [0.1, 0.15) is 29.7 Å². The van der Waals surface area contributed by atoms with Crippen LogP contribution in [0.4, 0.5) is 5.13 Å². The van der Waals surface area contributed by atoms with Gasteiger partial charge in [0, 0.05) is 11.3 Å². The standard InChI is InChI=1S/C20H21N3OS2/c1-14(2)13-17-22-23-20(26-17)21-19(24)18(15-9-5-3-6-10-15)25-16-11-7-4-8-12-16/h3-12,14,18H,13H2,1-2H3,(H,21,23,24)/t18-/m1/s1. The lowest BCUT2D eigenvalue weighted by atomic mass is 10.1. The number of thioether (sulfide) groups is 1. The number of hydrogen-bond acceptors (Lipinski definition) is 5. The van der Waals surface area contributed by atoms with Gasteiger partial charge in [-0.3, -0.25) is 10.1 Å². The highest BCUT2D eigenvalue weighted by molar-refractivity contribution is 8.00. The zero-order chi connectivity index (χ0) is 18.4. The summed E-state index contributed by atoms with van der Waals surface area (Å²) in [5, 5.41) is 12.4. The fourth-order valence-corrected chi connectivity index (χ4v) is 4.44. The summed E-state index contributed by atoms with van der Waals surface area (Å²) in [6, 6.07) is 19.8. The molecule has 1 amide bonds. The molecule has 0 radical (unpaired) electrons. The molecule has 0 unspecified atom stereocenters. The van der Waals surface area contributed by atoms with Crippen LogP contribution >= 0.6 is 23.1 Å². The number of aromatic nitrogens is 2. The number of hydrogen-bond donors (Lipinski definition) is 1. The third-order valence-corrected chi connectivity index (χ3v) is 5.74. The van der Waals surface area contributed by atoms with Gasteiger partial charge in [-0.25, -0.2) is 0 Å². The van der Waals surface area contributed by atoms with Crippen LogP contribution in [0, 0.1) is 5.92 Å². The minimum atomic E-state index is -0.351. The van der Waals surface area contributed by atoms with Gasteiger partial charge >= 0.3 is 0 Å². The lowest BCUT2D eigenvalue weighted by Gasteiger charge is -2.16. The van der Waals surface area contributed by atoms with E-state index in [-0.39, 0.29) is 11.2 Å². The molecule has 0 saturated heterocycles. The van der Waals surface area contributed by atoms with Crippen molar-refractivity contribution in [3.05, 3.63) is 71.2 Å². The fraction of sp³-hybridized carbons (Fsp3) is 0.250. The second-order valence-electron chi connectivity index (χ2n) is 6.31. The van der Waals surface area contributed by atoms with Gasteiger partial charge in [0.15, 0.2) is 0 Å². The van der Waals surface area contributed by atoms with Gasteiger partial charge in [-0.15, -0.1) is 22.0 Å². The van der Waals surface area contributed by atoms with E-state index in [0.717, 1.165) is 21.9 Å². The molecule has 26 heavy (non-hydrogen) atoms. The number of carbonyl (C=O) groups excluding carboxylic acids is 1. The van der Waals surface area contributed by atoms with E-state index in [0.29, 0.717) is 11.0 Å². The number of carbonyl (C=O) groups is 1. The second kappa shape index (κ2) is 8.96. The van der Waals surface area contributed by atoms with Gasteiger partial charge < -0.3 is 0 Å². The highest BCUT2D eigenvalue weighted by atomic mass is 32.2. The smallest absolute Gasteiger partial charge is 0.244 e. The number of nitrogens with one attached hydrogen (secondary N) is 1. The molecule has 0 aliphatic carbocycles. The van der Waals surface area contributed by atoms with Crippen LogP contribution in [-0.2, 0) is 11.2 Å². The normalized spacial score (nSPS) is 12.1. The summed E-state index contributed by atoms with van der Waals surface area (Å²) in [6.45, 7) is 4.28. The summed E-state index contributed by atoms with van der Waals surface area (Å²) in [6.07, 6.45) is 0.869. The first-order valence-electron chi connectivity index (χ1n) is 8.51. The molecule has 134 valence electrons. The molecule has 0 saturated carbocycles. The molecule has 0 aliphatic rings. The van der Waals surface area contributed by atoms with Crippen LogP contribution < -0.4 is 5.32 Å². The van der Waals surface area contributed by atoms with Crippen molar-refractivity contribution in [2.24, 2.45) is 5.92 Å². The zero-order valence-electron chi connectivity index (χ0n) is 14.8. The molecule has 2 aromatic carbocycles. The van der Waals surface area contributed by atoms with E-state index in [1.54, 1.807) is 0 Å². The van der Waals surface area contributed by atoms with Gasteiger partial charge in [-0.05, 0) is 23.6 Å². The molecule has 1 heterocycles. The SMILES string of the molecule is CC(C)Cc1nnc(NC(=O)[C@H](Sc2ccccc2)c2ccccc2)s1. The van der Waals surface area contributed by atoms with Gasteiger partial charge in [0.2, 0.25) is 11.0 Å². The maximum Gasteiger partial charge on any atom is 0.244 e. The Balaban J connectivity index is 1.77. The predicted octanol–water partition coefficient (Wildman–Crippen LogP) is 5.21. The molecule has 0 aliphatic heterocycles. The molecular weight excluding hydrogens is 362 g/mol. The van der Waals surface area contributed by atoms with Crippen LogP contribution in [0.15, 0.2) is 65.6 Å². The first-order valence-corrected chi connectivity index (χ1v) is 10.2. The Kier molecular flexibility index (Phi) is 6.41. The average Bonchev–Trinajstić information content (AvgIpc) is 3.07. The molecule has 4 nitrogen and oxygen atoms in total. The number of nitrogens with zero attached hydrogens (tertiary/aromatic N) is 2. The first kappa shape index (κ1) is 18.6. The van der Waals surface area contributed by atoms with E-state index >= 15 is 0 Å². The maximum atomic E-state index is 13.0. The number of anilines is 1. The maximum absolute atomic E-state index is 13.0. The van der Waals surface area contributed by atoms with Crippen LogP contribution in [0.3, 0.4) is 0 Å². The van der Waals surface area contributed by atoms with Crippen molar-refractivity contribution in [2.75, 3.05) is 5.32 Å². The lowest BCUT2D eigenvalue weighted by Crippen LogP contribution is -2.18. The van der Waals surface area contributed by atoms with Crippen LogP contribution in [0.25, 0.3) is 0 Å². The molecule has 0 fully saturated rings. The number of benzene rings is 2. The Morgan fingerprint density at radius 3 is 2.35 bits per heavy atom. The topological polar surface area (TPSA) is 54.9 Å². The van der Waals surface area contributed by atoms with Gasteiger partial charge in [0.05, 0.1) is 0 Å². The lowest BCUT2D eigenvalue weighted by molar-refractivity contribution is -0.115. The molecular formula is C20H21N3OS2. The van der Waals surface area contributed by atoms with E-state index in [9.17, 15) is 4.79 Å². The summed E-state index contributed by atoms with van der Waals surface area (Å²) in [7, 11) is 0. The molecule has 0 bridgehead atoms. The third kappa shape index (κ3) is 5.16. The van der Waals surface area contributed by atoms with Crippen molar-refractivity contribution in [3.8, 4) is 0 Å². The Labute approximate surface area is 162 Å². The fourth-order valence-electron chi connectivity index (χ4n) is 2.44. The van der Waals surface area contributed by atoms with Gasteiger partial charge in [0.25, 0.3) is 0 Å². The molecule has 3 rings (SSSR count). The minimum Gasteiger partial charge on any atom is -0.299 e. The summed E-state index contributed by atoms with van der Waals surface area (Å²) >= 11 is 2.98. The molecule has 1 atom stereocenters. The number of amides is 1. The predicted molar refractivity (Wildman–Crippen MR) is 109 cm³/mol. The molecule has 0 spiro atoms. The van der Waals surface area contributed by atoms with Crippen LogP contribution in [0.2, 0.25) is 0 Å². The number of rotatable bonds is 7. The van der Waals surface area contributed by atoms with E-state index in [2.05, 4.69) is 29.4 Å². The van der Waals surface area contributed by atoms with Gasteiger partial charge in [0.1, 0.15) is 10.3 Å². The van der Waals surface area contributed by atoms with Crippen molar-refractivity contribution in [1.29, 1.82) is 0 Å². The molecule has 6 heteroatoms. The Hall–Kier alpha value is -2.18. The Bertz CT molecular complexity index is 835. The minimum absolute atomic E-state index is 0.0858. The highest BCUT2D eigenvalue weighted by Gasteiger charge is 2.23. The van der Waals surface area contributed by atoms with Gasteiger partial charge in [-0.1, -0.05) is 73.7 Å². The summed E-state index contributed by atoms with van der Waals surface area (Å²) in [5.41, 5.74) is 0.964. The van der Waals surface area contributed by atoms with E-state index in [1.165, 1.54) is 23.1 Å². The van der Waals surface area contributed by atoms with Crippen molar-refractivity contribution in [2.45, 2.75) is 30.4 Å². The van der Waals surface area contributed by atoms with Gasteiger partial charge in [-0.2, -0.15) is 0 Å². The third-order valence-electron chi connectivity index (χ3n) is 3.62. The second-order valence-corrected chi connectivity index (χ2v) is 8.55. The molecule has 3 aromatic rings. The summed E-state index contributed by atoms with van der Waals surface area (Å²) in [5.74, 6) is 0.425. The quantitative estimate of drug-likeness (QED) is 0.569. The largest absolute Gasteiger partial charge is 0.299 e. The van der Waals surface area contributed by atoms with E-state index in [1.807, 2.05) is 60.7 Å². The monoisotopic (exact) mass is 383 g/mol. The summed E-state index contributed by atoms with van der Waals surface area (Å²) < 4.78 is 0. The summed E-state index contributed by atoms with van der Waals surface area (Å²) in [4.78, 5) is 14.0. The van der Waals surface area contributed by atoms with Crippen LogP contribution in [-0.4, -0.2) is 16.1 Å². The first-order chi connectivity index (χ1) is 12.6. The molecule has 1 aromatic heterocycles. The van der Waals surface area contributed by atoms with Crippen LogP contribution in [0.5, 0.6) is 0 Å². The van der Waals surface area contributed by atoms with Crippen molar-refractivity contribution in [1.82, 2.24) is 10.2 Å². The Morgan fingerprint density at radius 2 is 1.69 bits per heavy atom. The van der Waals surface area contributed by atoms with E-state index < -0.39 is 0 Å². The zero-order valence-corrected chi connectivity index (χ0v) is 16.4. The van der Waals surface area contributed by atoms with Crippen molar-refractivity contribution < 1.29 is 4.79 Å². The average molecular weight is 384 g/mol. The van der Waals surface area contributed by atoms with E-state index in [4.69, 9.17) is 0 Å². The molecule has 1 N–H and O–H groups in total. The highest BCUT2D eigenvalue weighted by Crippen LogP contribution is 2.36. The van der Waals surface area contributed by atoms with Crippen molar-refractivity contribution >= 4 is 34.1 Å². The van der Waals surface area contributed by atoms with Crippen molar-refractivity contribution in [3.63, 3.8) is 0 Å². The Morgan fingerprint density at radius 1 is 1.04 bits per heavy atom.